The Morgan fingerprint density at radius 3 is 2.70 bits per heavy atom. The first-order chi connectivity index (χ1) is 9.65. The molecule has 0 aliphatic heterocycles. The molecular weight excluding hydrogens is 250 g/mol. The van der Waals surface area contributed by atoms with E-state index in [9.17, 15) is 4.79 Å². The van der Waals surface area contributed by atoms with Gasteiger partial charge in [-0.15, -0.1) is 0 Å². The maximum atomic E-state index is 11.9. The summed E-state index contributed by atoms with van der Waals surface area (Å²) in [4.78, 5) is 11.9. The molecule has 1 atom stereocenters. The molecule has 1 amide bonds. The lowest BCUT2D eigenvalue weighted by Gasteiger charge is -2.23. The number of ether oxygens (including phenoxy) is 1. The smallest absolute Gasteiger partial charge is 0.407 e. The van der Waals surface area contributed by atoms with E-state index in [1.807, 2.05) is 19.1 Å². The number of hydrogen-bond donors (Lipinski definition) is 1. The quantitative estimate of drug-likeness (QED) is 0.902. The number of rotatable bonds is 4. The van der Waals surface area contributed by atoms with Crippen LogP contribution in [-0.2, 0) is 11.2 Å². The molecular formula is C17H25NO2. The average molecular weight is 275 g/mol. The summed E-state index contributed by atoms with van der Waals surface area (Å²) < 4.78 is 5.46. The van der Waals surface area contributed by atoms with Gasteiger partial charge in [0.25, 0.3) is 0 Å². The van der Waals surface area contributed by atoms with Crippen molar-refractivity contribution in [3.63, 3.8) is 0 Å². The number of benzene rings is 1. The van der Waals surface area contributed by atoms with Gasteiger partial charge >= 0.3 is 6.09 Å². The highest BCUT2D eigenvalue weighted by atomic mass is 16.6. The third-order valence-electron chi connectivity index (χ3n) is 4.00. The van der Waals surface area contributed by atoms with Gasteiger partial charge in [-0.1, -0.05) is 43.5 Å². The molecule has 0 bridgehead atoms. The van der Waals surface area contributed by atoms with Crippen LogP contribution in [0.1, 0.15) is 50.2 Å². The molecule has 1 aromatic rings. The Bertz CT molecular complexity index is 438. The molecule has 1 aliphatic carbocycles. The first-order valence-corrected chi connectivity index (χ1v) is 7.67. The average Bonchev–Trinajstić information content (AvgIpc) is 2.42. The highest BCUT2D eigenvalue weighted by molar-refractivity contribution is 5.67. The van der Waals surface area contributed by atoms with Crippen molar-refractivity contribution >= 4 is 6.09 Å². The maximum Gasteiger partial charge on any atom is 0.407 e. The van der Waals surface area contributed by atoms with E-state index in [-0.39, 0.29) is 12.2 Å². The van der Waals surface area contributed by atoms with Crippen molar-refractivity contribution in [2.24, 2.45) is 0 Å². The normalized spacial score (nSPS) is 17.5. The van der Waals surface area contributed by atoms with Crippen LogP contribution in [-0.4, -0.2) is 18.2 Å². The minimum absolute atomic E-state index is 0.0975. The van der Waals surface area contributed by atoms with Crippen molar-refractivity contribution in [2.75, 3.05) is 0 Å². The van der Waals surface area contributed by atoms with Crippen molar-refractivity contribution < 1.29 is 9.53 Å². The minimum atomic E-state index is -0.266. The van der Waals surface area contributed by atoms with Gasteiger partial charge in [-0.2, -0.15) is 0 Å². The minimum Gasteiger partial charge on any atom is -0.446 e. The van der Waals surface area contributed by atoms with Crippen molar-refractivity contribution in [1.29, 1.82) is 0 Å². The molecule has 3 nitrogen and oxygen atoms in total. The Morgan fingerprint density at radius 1 is 1.30 bits per heavy atom. The number of carbonyl (C=O) groups excluding carboxylic acids is 1. The monoisotopic (exact) mass is 275 g/mol. The first kappa shape index (κ1) is 14.9. The van der Waals surface area contributed by atoms with Crippen LogP contribution in [0, 0.1) is 6.92 Å². The Balaban J connectivity index is 1.77. The lowest BCUT2D eigenvalue weighted by molar-refractivity contribution is 0.102. The number of amides is 1. The van der Waals surface area contributed by atoms with Gasteiger partial charge in [-0.25, -0.2) is 4.79 Å². The summed E-state index contributed by atoms with van der Waals surface area (Å²) in [5, 5.41) is 2.99. The van der Waals surface area contributed by atoms with Crippen molar-refractivity contribution in [2.45, 2.75) is 64.5 Å². The molecule has 1 aromatic carbocycles. The number of hydrogen-bond acceptors (Lipinski definition) is 2. The van der Waals surface area contributed by atoms with Crippen LogP contribution in [0.3, 0.4) is 0 Å². The molecule has 0 spiro atoms. The third-order valence-corrected chi connectivity index (χ3v) is 4.00. The molecule has 0 saturated heterocycles. The maximum absolute atomic E-state index is 11.9. The molecule has 1 unspecified atom stereocenters. The molecule has 1 N–H and O–H groups in total. The highest BCUT2D eigenvalue weighted by Gasteiger charge is 2.18. The zero-order chi connectivity index (χ0) is 14.4. The summed E-state index contributed by atoms with van der Waals surface area (Å²) in [6.45, 7) is 4.04. The molecule has 3 heteroatoms. The Morgan fingerprint density at radius 2 is 2.00 bits per heavy atom. The molecule has 1 fully saturated rings. The Labute approximate surface area is 121 Å². The Hall–Kier alpha value is -1.51. The third kappa shape index (κ3) is 4.55. The lowest BCUT2D eigenvalue weighted by Crippen LogP contribution is -2.38. The van der Waals surface area contributed by atoms with Gasteiger partial charge in [0.2, 0.25) is 0 Å². The van der Waals surface area contributed by atoms with E-state index < -0.39 is 0 Å². The van der Waals surface area contributed by atoms with E-state index >= 15 is 0 Å². The predicted molar refractivity (Wildman–Crippen MR) is 80.8 cm³/mol. The van der Waals surface area contributed by atoms with Crippen LogP contribution in [0.2, 0.25) is 0 Å². The van der Waals surface area contributed by atoms with E-state index in [4.69, 9.17) is 4.74 Å². The number of nitrogens with one attached hydrogen (secondary N) is 1. The van der Waals surface area contributed by atoms with Gasteiger partial charge in [-0.3, -0.25) is 0 Å². The predicted octanol–water partition coefficient (Wildman–Crippen LogP) is 3.98. The summed E-state index contributed by atoms with van der Waals surface area (Å²) >= 11 is 0. The van der Waals surface area contributed by atoms with Crippen LogP contribution in [0.15, 0.2) is 24.3 Å². The summed E-state index contributed by atoms with van der Waals surface area (Å²) in [5.74, 6) is 0. The van der Waals surface area contributed by atoms with E-state index in [0.717, 1.165) is 19.3 Å². The summed E-state index contributed by atoms with van der Waals surface area (Å²) in [6, 6.07) is 8.54. The summed E-state index contributed by atoms with van der Waals surface area (Å²) in [5.41, 5.74) is 2.49. The zero-order valence-corrected chi connectivity index (χ0v) is 12.5. The van der Waals surface area contributed by atoms with Crippen LogP contribution >= 0.6 is 0 Å². The van der Waals surface area contributed by atoms with Crippen molar-refractivity contribution in [3.8, 4) is 0 Å². The van der Waals surface area contributed by atoms with Gasteiger partial charge in [0.15, 0.2) is 0 Å². The SMILES string of the molecule is Cc1ccccc1CC(C)OC(=O)NC1CCCCC1. The molecule has 0 radical (unpaired) electrons. The van der Waals surface area contributed by atoms with Gasteiger partial charge in [0.1, 0.15) is 6.10 Å². The second-order valence-corrected chi connectivity index (χ2v) is 5.83. The largest absolute Gasteiger partial charge is 0.446 e. The van der Waals surface area contributed by atoms with Crippen LogP contribution in [0.5, 0.6) is 0 Å². The van der Waals surface area contributed by atoms with Crippen LogP contribution < -0.4 is 5.32 Å². The van der Waals surface area contributed by atoms with Gasteiger partial charge in [-0.05, 0) is 37.8 Å². The lowest BCUT2D eigenvalue weighted by atomic mass is 9.96. The first-order valence-electron chi connectivity index (χ1n) is 7.67. The molecule has 2 rings (SSSR count). The van der Waals surface area contributed by atoms with E-state index in [2.05, 4.69) is 24.4 Å². The molecule has 110 valence electrons. The second-order valence-electron chi connectivity index (χ2n) is 5.83. The molecule has 0 heterocycles. The number of aryl methyl sites for hydroxylation is 1. The molecule has 1 aliphatic rings. The highest BCUT2D eigenvalue weighted by Crippen LogP contribution is 2.17. The molecule has 20 heavy (non-hydrogen) atoms. The second kappa shape index (κ2) is 7.32. The van der Waals surface area contributed by atoms with Gasteiger partial charge < -0.3 is 10.1 Å². The van der Waals surface area contributed by atoms with Crippen LogP contribution in [0.25, 0.3) is 0 Å². The molecule has 1 saturated carbocycles. The topological polar surface area (TPSA) is 38.3 Å². The van der Waals surface area contributed by atoms with Gasteiger partial charge in [0, 0.05) is 12.5 Å². The fourth-order valence-electron chi connectivity index (χ4n) is 2.82. The van der Waals surface area contributed by atoms with E-state index in [0.29, 0.717) is 6.04 Å². The summed E-state index contributed by atoms with van der Waals surface area (Å²) in [6.07, 6.45) is 6.29. The van der Waals surface area contributed by atoms with Gasteiger partial charge in [0.05, 0.1) is 0 Å². The van der Waals surface area contributed by atoms with E-state index in [1.165, 1.54) is 30.4 Å². The standard InChI is InChI=1S/C17H25NO2/c1-13-8-6-7-9-15(13)12-14(2)20-17(19)18-16-10-4-3-5-11-16/h6-9,14,16H,3-5,10-12H2,1-2H3,(H,18,19). The molecule has 0 aromatic heterocycles. The number of carbonyl (C=O) groups is 1. The van der Waals surface area contributed by atoms with Crippen LogP contribution in [0.4, 0.5) is 4.79 Å². The zero-order valence-electron chi connectivity index (χ0n) is 12.5. The van der Waals surface area contributed by atoms with Crippen molar-refractivity contribution in [3.05, 3.63) is 35.4 Å². The fraction of sp³-hybridized carbons (Fsp3) is 0.588. The Kier molecular flexibility index (Phi) is 5.45. The number of alkyl carbamates (subject to hydrolysis) is 1. The van der Waals surface area contributed by atoms with E-state index in [1.54, 1.807) is 0 Å². The van der Waals surface area contributed by atoms with Crippen molar-refractivity contribution in [1.82, 2.24) is 5.32 Å². The fourth-order valence-corrected chi connectivity index (χ4v) is 2.82. The summed E-state index contributed by atoms with van der Waals surface area (Å²) in [7, 11) is 0.